The van der Waals surface area contributed by atoms with E-state index in [1.54, 1.807) is 0 Å². The highest BCUT2D eigenvalue weighted by Gasteiger charge is 2.33. The average molecular weight is 412 g/mol. The maximum Gasteiger partial charge on any atom is 0.252 e. The Bertz CT molecular complexity index is 1390. The van der Waals surface area contributed by atoms with Crippen LogP contribution in [0.1, 0.15) is 23.2 Å². The van der Waals surface area contributed by atoms with E-state index in [1.165, 1.54) is 22.2 Å². The van der Waals surface area contributed by atoms with Crippen LogP contribution in [0.2, 0.25) is 0 Å². The van der Waals surface area contributed by atoms with Crippen LogP contribution < -0.4 is 5.32 Å². The van der Waals surface area contributed by atoms with Crippen molar-refractivity contribution in [2.45, 2.75) is 19.4 Å². The van der Waals surface area contributed by atoms with Crippen molar-refractivity contribution in [1.82, 2.24) is 14.5 Å². The SMILES string of the molecule is Cn1cc(C2=C(c3c4n(c5ccccc35)CCC(CO)C4)CNC2=O)c2ccccc21. The number of aromatic nitrogens is 2. The molecule has 31 heavy (non-hydrogen) atoms. The number of carbonyl (C=O) groups is 1. The minimum absolute atomic E-state index is 0.00935. The monoisotopic (exact) mass is 411 g/mol. The Morgan fingerprint density at radius 2 is 1.81 bits per heavy atom. The summed E-state index contributed by atoms with van der Waals surface area (Å²) >= 11 is 0. The fourth-order valence-corrected chi connectivity index (χ4v) is 5.53. The third kappa shape index (κ3) is 2.63. The molecule has 2 aliphatic rings. The van der Waals surface area contributed by atoms with Crippen LogP contribution in [0.15, 0.2) is 54.7 Å². The summed E-state index contributed by atoms with van der Waals surface area (Å²) in [5.41, 5.74) is 7.60. The lowest BCUT2D eigenvalue weighted by Gasteiger charge is -2.24. The highest BCUT2D eigenvalue weighted by Crippen LogP contribution is 2.42. The number of aryl methyl sites for hydroxylation is 2. The van der Waals surface area contributed by atoms with E-state index in [4.69, 9.17) is 0 Å². The topological polar surface area (TPSA) is 59.2 Å². The van der Waals surface area contributed by atoms with Crippen molar-refractivity contribution in [3.63, 3.8) is 0 Å². The number of nitrogens with zero attached hydrogens (tertiary/aromatic N) is 2. The Labute approximate surface area is 180 Å². The number of hydrogen-bond acceptors (Lipinski definition) is 2. The molecule has 5 nitrogen and oxygen atoms in total. The van der Waals surface area contributed by atoms with Gasteiger partial charge in [-0.05, 0) is 36.5 Å². The van der Waals surface area contributed by atoms with Gasteiger partial charge in [0.25, 0.3) is 5.91 Å². The van der Waals surface area contributed by atoms with Gasteiger partial charge in [-0.25, -0.2) is 0 Å². The van der Waals surface area contributed by atoms with Crippen LogP contribution in [0, 0.1) is 5.92 Å². The summed E-state index contributed by atoms with van der Waals surface area (Å²) in [6, 6.07) is 16.7. The third-order valence-electron chi connectivity index (χ3n) is 7.00. The molecule has 4 heterocycles. The van der Waals surface area contributed by atoms with E-state index in [-0.39, 0.29) is 18.4 Å². The molecule has 0 saturated heterocycles. The zero-order valence-corrected chi connectivity index (χ0v) is 17.6. The second-order valence-corrected chi connectivity index (χ2v) is 8.74. The number of fused-ring (bicyclic) bond motifs is 4. The maximum absolute atomic E-state index is 13.1. The van der Waals surface area contributed by atoms with Gasteiger partial charge in [-0.3, -0.25) is 4.79 Å². The number of rotatable bonds is 3. The molecule has 2 aromatic heterocycles. The summed E-state index contributed by atoms with van der Waals surface area (Å²) in [6.07, 6.45) is 3.89. The summed E-state index contributed by atoms with van der Waals surface area (Å²) in [4.78, 5) is 13.1. The van der Waals surface area contributed by atoms with Gasteiger partial charge in [-0.15, -0.1) is 0 Å². The predicted octanol–water partition coefficient (Wildman–Crippen LogP) is 3.73. The summed E-state index contributed by atoms with van der Waals surface area (Å²) in [6.45, 7) is 1.63. The summed E-state index contributed by atoms with van der Waals surface area (Å²) in [7, 11) is 2.03. The molecule has 1 amide bonds. The summed E-state index contributed by atoms with van der Waals surface area (Å²) in [5.74, 6) is 0.257. The molecule has 0 spiro atoms. The van der Waals surface area contributed by atoms with Gasteiger partial charge in [0.15, 0.2) is 0 Å². The molecular weight excluding hydrogens is 386 g/mol. The van der Waals surface area contributed by atoms with Gasteiger partial charge < -0.3 is 19.6 Å². The first kappa shape index (κ1) is 18.5. The second kappa shape index (κ2) is 6.86. The first-order valence-corrected chi connectivity index (χ1v) is 10.9. The Morgan fingerprint density at radius 3 is 2.61 bits per heavy atom. The van der Waals surface area contributed by atoms with Crippen molar-refractivity contribution >= 4 is 38.9 Å². The van der Waals surface area contributed by atoms with Gasteiger partial charge in [-0.2, -0.15) is 0 Å². The van der Waals surface area contributed by atoms with Crippen molar-refractivity contribution in [3.8, 4) is 0 Å². The highest BCUT2D eigenvalue weighted by atomic mass is 16.3. The number of amides is 1. The van der Waals surface area contributed by atoms with Gasteiger partial charge in [0.1, 0.15) is 0 Å². The van der Waals surface area contributed by atoms with E-state index in [9.17, 15) is 9.90 Å². The first-order valence-electron chi connectivity index (χ1n) is 10.9. The van der Waals surface area contributed by atoms with Crippen molar-refractivity contribution in [2.24, 2.45) is 13.0 Å². The Balaban J connectivity index is 1.67. The van der Waals surface area contributed by atoms with Crippen molar-refractivity contribution < 1.29 is 9.90 Å². The van der Waals surface area contributed by atoms with E-state index >= 15 is 0 Å². The predicted molar refractivity (Wildman–Crippen MR) is 124 cm³/mol. The molecule has 5 heteroatoms. The van der Waals surface area contributed by atoms with E-state index in [0.717, 1.165) is 47.0 Å². The molecule has 156 valence electrons. The molecule has 0 aliphatic carbocycles. The van der Waals surface area contributed by atoms with Gasteiger partial charge in [0.2, 0.25) is 0 Å². The van der Waals surface area contributed by atoms with Crippen molar-refractivity contribution in [3.05, 3.63) is 71.5 Å². The Kier molecular flexibility index (Phi) is 4.08. The normalized spacial score (nSPS) is 18.8. The van der Waals surface area contributed by atoms with E-state index in [1.807, 2.05) is 19.2 Å². The van der Waals surface area contributed by atoms with Crippen LogP contribution >= 0.6 is 0 Å². The standard InChI is InChI=1S/C26H25N3O2/c1-28-14-20(17-6-2-4-8-21(17)28)25-19(13-27-26(25)31)24-18-7-3-5-9-22(18)29-11-10-16(15-30)12-23(24)29/h2-9,14,16,30H,10-13,15H2,1H3,(H,27,31). The van der Waals surface area contributed by atoms with Crippen LogP contribution in [0.5, 0.6) is 0 Å². The molecule has 1 unspecified atom stereocenters. The van der Waals surface area contributed by atoms with Crippen LogP contribution in [-0.4, -0.2) is 33.3 Å². The number of para-hydroxylation sites is 2. The Morgan fingerprint density at radius 1 is 1.06 bits per heavy atom. The lowest BCUT2D eigenvalue weighted by atomic mass is 9.90. The third-order valence-corrected chi connectivity index (χ3v) is 7.00. The highest BCUT2D eigenvalue weighted by molar-refractivity contribution is 6.33. The largest absolute Gasteiger partial charge is 0.396 e. The fourth-order valence-electron chi connectivity index (χ4n) is 5.53. The lowest BCUT2D eigenvalue weighted by Crippen LogP contribution is -2.22. The average Bonchev–Trinajstić information content (AvgIpc) is 3.44. The molecule has 2 aliphatic heterocycles. The zero-order valence-electron chi connectivity index (χ0n) is 17.6. The molecule has 4 aromatic rings. The summed E-state index contributed by atoms with van der Waals surface area (Å²) < 4.78 is 4.49. The summed E-state index contributed by atoms with van der Waals surface area (Å²) in [5, 5.41) is 15.2. The molecule has 2 aromatic carbocycles. The number of carbonyl (C=O) groups excluding carboxylic acids is 1. The number of aliphatic hydroxyl groups excluding tert-OH is 1. The van der Waals surface area contributed by atoms with E-state index in [0.29, 0.717) is 6.54 Å². The lowest BCUT2D eigenvalue weighted by molar-refractivity contribution is -0.114. The van der Waals surface area contributed by atoms with Crippen LogP contribution in [0.25, 0.3) is 33.0 Å². The quantitative estimate of drug-likeness (QED) is 0.540. The van der Waals surface area contributed by atoms with Crippen LogP contribution in [0.3, 0.4) is 0 Å². The van der Waals surface area contributed by atoms with Gasteiger partial charge >= 0.3 is 0 Å². The maximum atomic E-state index is 13.1. The molecule has 0 bridgehead atoms. The molecule has 0 radical (unpaired) electrons. The minimum Gasteiger partial charge on any atom is -0.396 e. The molecule has 6 rings (SSSR count). The van der Waals surface area contributed by atoms with E-state index in [2.05, 4.69) is 57.0 Å². The van der Waals surface area contributed by atoms with Gasteiger partial charge in [0, 0.05) is 71.6 Å². The number of nitrogens with one attached hydrogen (secondary N) is 1. The Hall–Kier alpha value is -3.31. The molecule has 2 N–H and O–H groups in total. The smallest absolute Gasteiger partial charge is 0.252 e. The van der Waals surface area contributed by atoms with Gasteiger partial charge in [0.05, 0.1) is 5.57 Å². The van der Waals surface area contributed by atoms with Crippen molar-refractivity contribution in [1.29, 1.82) is 0 Å². The van der Waals surface area contributed by atoms with E-state index < -0.39 is 0 Å². The number of aliphatic hydroxyl groups is 1. The first-order chi connectivity index (χ1) is 15.2. The number of benzene rings is 2. The molecule has 0 fully saturated rings. The van der Waals surface area contributed by atoms with Gasteiger partial charge in [-0.1, -0.05) is 36.4 Å². The fraction of sp³-hybridized carbons (Fsp3) is 0.269. The van der Waals surface area contributed by atoms with Crippen LogP contribution in [-0.2, 0) is 24.8 Å². The second-order valence-electron chi connectivity index (χ2n) is 8.74. The molecular formula is C26H25N3O2. The molecule has 0 saturated carbocycles. The minimum atomic E-state index is -0.00935. The van der Waals surface area contributed by atoms with Crippen LogP contribution in [0.4, 0.5) is 0 Å². The number of hydrogen-bond donors (Lipinski definition) is 2. The molecule has 1 atom stereocenters. The zero-order chi connectivity index (χ0) is 21.1. The van der Waals surface area contributed by atoms with Crippen molar-refractivity contribution in [2.75, 3.05) is 13.2 Å².